The number of halogens is 1. The minimum atomic E-state index is 0.294. The van der Waals surface area contributed by atoms with Gasteiger partial charge in [0.2, 0.25) is 0 Å². The van der Waals surface area contributed by atoms with Gasteiger partial charge in [-0.15, -0.1) is 0 Å². The Morgan fingerprint density at radius 3 is 2.92 bits per heavy atom. The Labute approximate surface area is 81.7 Å². The molecule has 6 heteroatoms. The van der Waals surface area contributed by atoms with Gasteiger partial charge in [-0.1, -0.05) is 0 Å². The van der Waals surface area contributed by atoms with Crippen molar-refractivity contribution in [1.29, 1.82) is 0 Å². The number of aromatic nitrogens is 3. The first-order valence-electron chi connectivity index (χ1n) is 3.46. The summed E-state index contributed by atoms with van der Waals surface area (Å²) in [4.78, 5) is 18.3. The fourth-order valence-corrected chi connectivity index (χ4v) is 1.48. The van der Waals surface area contributed by atoms with E-state index in [4.69, 9.17) is 5.73 Å². The topological polar surface area (TPSA) is 73.3 Å². The molecule has 2 aromatic heterocycles. The third kappa shape index (κ3) is 1.29. The van der Waals surface area contributed by atoms with Crippen LogP contribution in [0.15, 0.2) is 17.0 Å². The summed E-state index contributed by atoms with van der Waals surface area (Å²) in [5.74, 6) is 0.294. The van der Waals surface area contributed by atoms with Crippen molar-refractivity contribution in [2.45, 2.75) is 0 Å². The molecule has 0 radical (unpaired) electrons. The third-order valence-corrected chi connectivity index (χ3v) is 1.96. The number of imidazole rings is 1. The Hall–Kier alpha value is -1.43. The number of aldehydes is 1. The molecule has 0 aliphatic heterocycles. The van der Waals surface area contributed by atoms with Crippen LogP contribution in [0, 0.1) is 0 Å². The number of hydrogen-bond donors (Lipinski definition) is 1. The molecule has 0 fully saturated rings. The average Bonchev–Trinajstić information content (AvgIpc) is 2.47. The van der Waals surface area contributed by atoms with Gasteiger partial charge in [0, 0.05) is 12.4 Å². The van der Waals surface area contributed by atoms with E-state index in [1.54, 1.807) is 16.8 Å². The Balaban J connectivity index is 2.82. The van der Waals surface area contributed by atoms with Gasteiger partial charge in [0.15, 0.2) is 17.8 Å². The van der Waals surface area contributed by atoms with E-state index in [2.05, 4.69) is 25.9 Å². The highest BCUT2D eigenvalue weighted by Crippen LogP contribution is 2.14. The number of nitrogens with zero attached hydrogens (tertiary/aromatic N) is 3. The van der Waals surface area contributed by atoms with Crippen molar-refractivity contribution in [2.75, 3.05) is 5.73 Å². The summed E-state index contributed by atoms with van der Waals surface area (Å²) in [5, 5.41) is 0. The quantitative estimate of drug-likeness (QED) is 0.752. The summed E-state index contributed by atoms with van der Waals surface area (Å²) in [6.45, 7) is 0. The predicted molar refractivity (Wildman–Crippen MR) is 50.5 cm³/mol. The second kappa shape index (κ2) is 2.81. The molecule has 0 aromatic carbocycles. The van der Waals surface area contributed by atoms with Crippen LogP contribution in [0.1, 0.15) is 10.5 Å². The first-order valence-corrected chi connectivity index (χ1v) is 4.26. The van der Waals surface area contributed by atoms with Crippen LogP contribution >= 0.6 is 15.9 Å². The van der Waals surface area contributed by atoms with E-state index in [1.165, 1.54) is 0 Å². The summed E-state index contributed by atoms with van der Waals surface area (Å²) in [6, 6.07) is 0. The largest absolute Gasteiger partial charge is 0.381 e. The normalized spacial score (nSPS) is 10.5. The smallest absolute Gasteiger partial charge is 0.180 e. The molecule has 0 aliphatic carbocycles. The van der Waals surface area contributed by atoms with Crippen LogP contribution in [0.4, 0.5) is 5.82 Å². The molecule has 13 heavy (non-hydrogen) atoms. The second-order valence-electron chi connectivity index (χ2n) is 2.46. The first-order chi connectivity index (χ1) is 6.20. The predicted octanol–water partition coefficient (Wildman–Crippen LogP) is 0.886. The third-order valence-electron chi connectivity index (χ3n) is 1.57. The molecule has 2 rings (SSSR count). The Bertz CT molecular complexity index is 479. The Morgan fingerprint density at radius 1 is 1.46 bits per heavy atom. The highest BCUT2D eigenvalue weighted by atomic mass is 79.9. The van der Waals surface area contributed by atoms with Crippen LogP contribution in [0.5, 0.6) is 0 Å². The fraction of sp³-hybridized carbons (Fsp3) is 0. The van der Waals surface area contributed by atoms with E-state index in [9.17, 15) is 4.79 Å². The molecule has 0 unspecified atom stereocenters. The number of anilines is 1. The van der Waals surface area contributed by atoms with E-state index in [0.29, 0.717) is 28.0 Å². The molecular weight excluding hydrogens is 236 g/mol. The zero-order valence-corrected chi connectivity index (χ0v) is 8.02. The molecule has 0 aliphatic rings. The number of carbonyl (C=O) groups excluding carboxylic acids is 1. The minimum absolute atomic E-state index is 0.294. The van der Waals surface area contributed by atoms with E-state index in [0.717, 1.165) is 0 Å². The maximum absolute atomic E-state index is 10.4. The van der Waals surface area contributed by atoms with Crippen LogP contribution in [-0.2, 0) is 0 Å². The van der Waals surface area contributed by atoms with Crippen molar-refractivity contribution < 1.29 is 4.79 Å². The number of rotatable bonds is 1. The SMILES string of the molecule is Nc1nc(Br)cn2cc(C=O)nc12. The molecule has 2 aromatic rings. The van der Waals surface area contributed by atoms with Crippen LogP contribution in [-0.4, -0.2) is 20.7 Å². The molecule has 0 atom stereocenters. The van der Waals surface area contributed by atoms with E-state index < -0.39 is 0 Å². The molecule has 2 N–H and O–H groups in total. The lowest BCUT2D eigenvalue weighted by atomic mass is 10.5. The summed E-state index contributed by atoms with van der Waals surface area (Å²) < 4.78 is 2.25. The Kier molecular flexibility index (Phi) is 1.77. The molecule has 0 bridgehead atoms. The van der Waals surface area contributed by atoms with Gasteiger partial charge >= 0.3 is 0 Å². The van der Waals surface area contributed by atoms with Gasteiger partial charge in [0.25, 0.3) is 0 Å². The van der Waals surface area contributed by atoms with Crippen LogP contribution in [0.3, 0.4) is 0 Å². The molecule has 0 spiro atoms. The van der Waals surface area contributed by atoms with Gasteiger partial charge < -0.3 is 10.1 Å². The van der Waals surface area contributed by atoms with Crippen LogP contribution < -0.4 is 5.73 Å². The molecule has 0 saturated carbocycles. The van der Waals surface area contributed by atoms with E-state index >= 15 is 0 Å². The van der Waals surface area contributed by atoms with Gasteiger partial charge in [0.1, 0.15) is 10.3 Å². The van der Waals surface area contributed by atoms with E-state index in [-0.39, 0.29) is 0 Å². The van der Waals surface area contributed by atoms with Crippen LogP contribution in [0.2, 0.25) is 0 Å². The molecule has 2 heterocycles. The second-order valence-corrected chi connectivity index (χ2v) is 3.28. The number of fused-ring (bicyclic) bond motifs is 1. The van der Waals surface area contributed by atoms with Gasteiger partial charge in [-0.3, -0.25) is 4.79 Å². The molecule has 5 nitrogen and oxygen atoms in total. The zero-order valence-electron chi connectivity index (χ0n) is 6.44. The lowest BCUT2D eigenvalue weighted by Gasteiger charge is -1.96. The Morgan fingerprint density at radius 2 is 2.23 bits per heavy atom. The first kappa shape index (κ1) is 8.18. The van der Waals surface area contributed by atoms with Gasteiger partial charge in [0.05, 0.1) is 0 Å². The standard InChI is InChI=1S/C7H5BrN4O/c8-5-2-12-1-4(3-13)10-7(12)6(9)11-5/h1-3H,(H2,9,11). The molecule has 66 valence electrons. The van der Waals surface area contributed by atoms with Gasteiger partial charge in [-0.2, -0.15) is 0 Å². The highest BCUT2D eigenvalue weighted by molar-refractivity contribution is 9.10. The van der Waals surface area contributed by atoms with Crippen molar-refractivity contribution >= 4 is 33.7 Å². The van der Waals surface area contributed by atoms with Crippen molar-refractivity contribution in [2.24, 2.45) is 0 Å². The van der Waals surface area contributed by atoms with Crippen molar-refractivity contribution in [3.63, 3.8) is 0 Å². The number of nitrogens with two attached hydrogens (primary N) is 1. The fourth-order valence-electron chi connectivity index (χ4n) is 1.07. The number of carbonyl (C=O) groups is 1. The maximum Gasteiger partial charge on any atom is 0.180 e. The highest BCUT2D eigenvalue weighted by Gasteiger charge is 2.05. The minimum Gasteiger partial charge on any atom is -0.381 e. The van der Waals surface area contributed by atoms with Crippen molar-refractivity contribution in [1.82, 2.24) is 14.4 Å². The van der Waals surface area contributed by atoms with Crippen molar-refractivity contribution in [3.8, 4) is 0 Å². The number of hydrogen-bond acceptors (Lipinski definition) is 4. The number of nitrogen functional groups attached to an aromatic ring is 1. The summed E-state index contributed by atoms with van der Waals surface area (Å²) >= 11 is 3.19. The average molecular weight is 241 g/mol. The van der Waals surface area contributed by atoms with Gasteiger partial charge in [-0.25, -0.2) is 9.97 Å². The summed E-state index contributed by atoms with van der Waals surface area (Å²) in [5.41, 5.74) is 6.42. The van der Waals surface area contributed by atoms with Crippen molar-refractivity contribution in [3.05, 3.63) is 22.7 Å². The summed E-state index contributed by atoms with van der Waals surface area (Å²) in [6.07, 6.45) is 3.94. The zero-order chi connectivity index (χ0) is 9.42. The molecular formula is C7H5BrN4O. The lowest BCUT2D eigenvalue weighted by Crippen LogP contribution is -1.96. The monoisotopic (exact) mass is 240 g/mol. The van der Waals surface area contributed by atoms with E-state index in [1.807, 2.05) is 0 Å². The molecule has 0 amide bonds. The lowest BCUT2D eigenvalue weighted by molar-refractivity contribution is 0.111. The maximum atomic E-state index is 10.4. The van der Waals surface area contributed by atoms with Gasteiger partial charge in [-0.05, 0) is 15.9 Å². The van der Waals surface area contributed by atoms with Crippen LogP contribution in [0.25, 0.3) is 5.65 Å². The summed E-state index contributed by atoms with van der Waals surface area (Å²) in [7, 11) is 0. The molecule has 0 saturated heterocycles.